The SMILES string of the molecule is COc1ccc(CCC(=O)NNc2ccc(F)c(F)c2F)cc1OC. The van der Waals surface area contributed by atoms with Crippen molar-refractivity contribution in [3.05, 3.63) is 53.3 Å². The number of halogens is 3. The van der Waals surface area contributed by atoms with Gasteiger partial charge in [0.15, 0.2) is 29.0 Å². The summed E-state index contributed by atoms with van der Waals surface area (Å²) in [5.74, 6) is -3.64. The molecule has 0 radical (unpaired) electrons. The van der Waals surface area contributed by atoms with E-state index in [0.29, 0.717) is 17.9 Å². The van der Waals surface area contributed by atoms with Crippen LogP contribution in [-0.2, 0) is 11.2 Å². The fourth-order valence-corrected chi connectivity index (χ4v) is 2.12. The minimum absolute atomic E-state index is 0.0911. The van der Waals surface area contributed by atoms with Gasteiger partial charge >= 0.3 is 0 Å². The van der Waals surface area contributed by atoms with Crippen molar-refractivity contribution in [1.29, 1.82) is 0 Å². The Labute approximate surface area is 142 Å². The van der Waals surface area contributed by atoms with E-state index in [0.717, 1.165) is 17.7 Å². The summed E-state index contributed by atoms with van der Waals surface area (Å²) in [7, 11) is 3.03. The Bertz CT molecular complexity index is 769. The zero-order valence-corrected chi connectivity index (χ0v) is 13.7. The lowest BCUT2D eigenvalue weighted by Gasteiger charge is -2.11. The standard InChI is InChI=1S/C17H17F3N2O3/c1-24-13-7-3-10(9-14(13)25-2)4-8-15(23)22-21-12-6-5-11(18)16(19)17(12)20/h3,5-7,9,21H,4,8H2,1-2H3,(H,22,23). The highest BCUT2D eigenvalue weighted by Gasteiger charge is 2.14. The molecular formula is C17H17F3N2O3. The third-order valence-corrected chi connectivity index (χ3v) is 3.46. The lowest BCUT2D eigenvalue weighted by molar-refractivity contribution is -0.120. The van der Waals surface area contributed by atoms with E-state index in [9.17, 15) is 18.0 Å². The van der Waals surface area contributed by atoms with E-state index < -0.39 is 23.4 Å². The Kier molecular flexibility index (Phi) is 6.10. The fraction of sp³-hybridized carbons (Fsp3) is 0.235. The van der Waals surface area contributed by atoms with Gasteiger partial charge in [0, 0.05) is 6.42 Å². The van der Waals surface area contributed by atoms with Crippen LogP contribution in [0.4, 0.5) is 18.9 Å². The van der Waals surface area contributed by atoms with Crippen LogP contribution in [0.3, 0.4) is 0 Å². The molecule has 2 rings (SSSR count). The molecule has 0 aromatic heterocycles. The number of anilines is 1. The number of rotatable bonds is 7. The van der Waals surface area contributed by atoms with Crippen molar-refractivity contribution < 1.29 is 27.4 Å². The van der Waals surface area contributed by atoms with Crippen LogP contribution in [0.2, 0.25) is 0 Å². The number of methoxy groups -OCH3 is 2. The second-order valence-corrected chi connectivity index (χ2v) is 5.09. The first-order valence-corrected chi connectivity index (χ1v) is 7.35. The third kappa shape index (κ3) is 4.56. The lowest BCUT2D eigenvalue weighted by atomic mass is 10.1. The summed E-state index contributed by atoms with van der Waals surface area (Å²) in [6.07, 6.45) is 0.488. The van der Waals surface area contributed by atoms with Crippen LogP contribution in [0.5, 0.6) is 11.5 Å². The molecule has 0 aliphatic heterocycles. The second kappa shape index (κ2) is 8.27. The smallest absolute Gasteiger partial charge is 0.238 e. The van der Waals surface area contributed by atoms with Gasteiger partial charge in [-0.3, -0.25) is 15.6 Å². The quantitative estimate of drug-likeness (QED) is 0.592. The van der Waals surface area contributed by atoms with E-state index in [1.165, 1.54) is 14.2 Å². The first kappa shape index (κ1) is 18.4. The topological polar surface area (TPSA) is 59.6 Å². The first-order valence-electron chi connectivity index (χ1n) is 7.35. The summed E-state index contributed by atoms with van der Waals surface area (Å²) < 4.78 is 49.7. The molecule has 2 aromatic carbocycles. The Morgan fingerprint density at radius 2 is 1.72 bits per heavy atom. The van der Waals surface area contributed by atoms with Crippen molar-refractivity contribution in [3.8, 4) is 11.5 Å². The van der Waals surface area contributed by atoms with Crippen LogP contribution in [0.15, 0.2) is 30.3 Å². The van der Waals surface area contributed by atoms with Crippen molar-refractivity contribution >= 4 is 11.6 Å². The molecule has 0 unspecified atom stereocenters. The van der Waals surface area contributed by atoms with Crippen molar-refractivity contribution in [1.82, 2.24) is 5.43 Å². The summed E-state index contributed by atoms with van der Waals surface area (Å²) in [4.78, 5) is 11.8. The van der Waals surface area contributed by atoms with E-state index >= 15 is 0 Å². The molecule has 0 bridgehead atoms. The van der Waals surface area contributed by atoms with E-state index in [4.69, 9.17) is 9.47 Å². The number of aryl methyl sites for hydroxylation is 1. The van der Waals surface area contributed by atoms with Crippen LogP contribution in [-0.4, -0.2) is 20.1 Å². The minimum atomic E-state index is -1.61. The predicted octanol–water partition coefficient (Wildman–Crippen LogP) is 3.20. The van der Waals surface area contributed by atoms with Gasteiger partial charge in [0.2, 0.25) is 5.91 Å². The molecule has 0 fully saturated rings. The number of benzene rings is 2. The Hall–Kier alpha value is -2.90. The molecule has 1 amide bonds. The van der Waals surface area contributed by atoms with Gasteiger partial charge in [0.25, 0.3) is 0 Å². The zero-order valence-electron chi connectivity index (χ0n) is 13.7. The number of carbonyl (C=O) groups excluding carboxylic acids is 1. The molecule has 25 heavy (non-hydrogen) atoms. The molecule has 0 aliphatic rings. The number of hydrazine groups is 1. The molecular weight excluding hydrogens is 337 g/mol. The molecule has 5 nitrogen and oxygen atoms in total. The van der Waals surface area contributed by atoms with Crippen LogP contribution >= 0.6 is 0 Å². The molecule has 0 atom stereocenters. The number of hydrogen-bond acceptors (Lipinski definition) is 4. The van der Waals surface area contributed by atoms with Gasteiger partial charge in [0.05, 0.1) is 19.9 Å². The van der Waals surface area contributed by atoms with Gasteiger partial charge in [-0.25, -0.2) is 13.2 Å². The van der Waals surface area contributed by atoms with Crippen LogP contribution < -0.4 is 20.3 Å². The molecule has 8 heteroatoms. The van der Waals surface area contributed by atoms with Crippen molar-refractivity contribution in [2.45, 2.75) is 12.8 Å². The summed E-state index contributed by atoms with van der Waals surface area (Å²) in [6.45, 7) is 0. The molecule has 0 aliphatic carbocycles. The fourth-order valence-electron chi connectivity index (χ4n) is 2.12. The predicted molar refractivity (Wildman–Crippen MR) is 85.9 cm³/mol. The van der Waals surface area contributed by atoms with Gasteiger partial charge in [-0.2, -0.15) is 0 Å². The van der Waals surface area contributed by atoms with Gasteiger partial charge in [-0.15, -0.1) is 0 Å². The average Bonchev–Trinajstić information content (AvgIpc) is 2.63. The van der Waals surface area contributed by atoms with E-state index in [1.54, 1.807) is 18.2 Å². The van der Waals surface area contributed by atoms with E-state index in [1.807, 2.05) is 0 Å². The Morgan fingerprint density at radius 3 is 2.40 bits per heavy atom. The zero-order chi connectivity index (χ0) is 18.4. The monoisotopic (exact) mass is 354 g/mol. The number of carbonyl (C=O) groups is 1. The molecule has 0 heterocycles. The summed E-state index contributed by atoms with van der Waals surface area (Å²) in [6, 6.07) is 7.01. The largest absolute Gasteiger partial charge is 0.493 e. The summed E-state index contributed by atoms with van der Waals surface area (Å²) in [5, 5.41) is 0. The maximum absolute atomic E-state index is 13.5. The van der Waals surface area contributed by atoms with Gasteiger partial charge < -0.3 is 9.47 Å². The van der Waals surface area contributed by atoms with Gasteiger partial charge in [-0.1, -0.05) is 6.07 Å². The molecule has 134 valence electrons. The van der Waals surface area contributed by atoms with Crippen molar-refractivity contribution in [2.24, 2.45) is 0 Å². The van der Waals surface area contributed by atoms with Crippen molar-refractivity contribution in [2.75, 3.05) is 19.6 Å². The summed E-state index contributed by atoms with van der Waals surface area (Å²) in [5.41, 5.74) is 4.94. The van der Waals surface area contributed by atoms with Crippen LogP contribution in [0.1, 0.15) is 12.0 Å². The van der Waals surface area contributed by atoms with E-state index in [2.05, 4.69) is 10.9 Å². The molecule has 2 N–H and O–H groups in total. The first-order chi connectivity index (χ1) is 12.0. The van der Waals surface area contributed by atoms with Crippen LogP contribution in [0, 0.1) is 17.5 Å². The highest BCUT2D eigenvalue weighted by Crippen LogP contribution is 2.28. The van der Waals surface area contributed by atoms with Crippen molar-refractivity contribution in [3.63, 3.8) is 0 Å². The Morgan fingerprint density at radius 1 is 1.00 bits per heavy atom. The number of amides is 1. The maximum Gasteiger partial charge on any atom is 0.238 e. The van der Waals surface area contributed by atoms with E-state index in [-0.39, 0.29) is 12.1 Å². The highest BCUT2D eigenvalue weighted by molar-refractivity contribution is 5.77. The molecule has 0 spiro atoms. The van der Waals surface area contributed by atoms with Gasteiger partial charge in [-0.05, 0) is 36.2 Å². The summed E-state index contributed by atoms with van der Waals surface area (Å²) >= 11 is 0. The van der Waals surface area contributed by atoms with Gasteiger partial charge in [0.1, 0.15) is 0 Å². The third-order valence-electron chi connectivity index (χ3n) is 3.46. The Balaban J connectivity index is 1.90. The molecule has 0 saturated heterocycles. The van der Waals surface area contributed by atoms with Crippen LogP contribution in [0.25, 0.3) is 0 Å². The number of hydrogen-bond donors (Lipinski definition) is 2. The molecule has 2 aromatic rings. The number of ether oxygens (including phenoxy) is 2. The lowest BCUT2D eigenvalue weighted by Crippen LogP contribution is -2.30. The normalized spacial score (nSPS) is 10.3. The second-order valence-electron chi connectivity index (χ2n) is 5.09. The number of nitrogens with one attached hydrogen (secondary N) is 2. The molecule has 0 saturated carbocycles. The highest BCUT2D eigenvalue weighted by atomic mass is 19.2. The average molecular weight is 354 g/mol. The maximum atomic E-state index is 13.5. The minimum Gasteiger partial charge on any atom is -0.493 e.